The molecule has 0 spiro atoms. The molecule has 3 nitrogen and oxygen atoms in total. The van der Waals surface area contributed by atoms with Gasteiger partial charge in [-0.3, -0.25) is 0 Å². The molecule has 1 unspecified atom stereocenters. The Bertz CT molecular complexity index is 411. The number of hydrogen-bond acceptors (Lipinski definition) is 3. The largest absolute Gasteiger partial charge is 0.454 e. The van der Waals surface area contributed by atoms with Crippen LogP contribution in [0.3, 0.4) is 0 Å². The van der Waals surface area contributed by atoms with Gasteiger partial charge in [-0.2, -0.15) is 0 Å². The van der Waals surface area contributed by atoms with Crippen LogP contribution in [0.25, 0.3) is 0 Å². The summed E-state index contributed by atoms with van der Waals surface area (Å²) in [5.74, 6) is 1.77. The average molecular weight is 233 g/mol. The molecule has 3 rings (SSSR count). The second-order valence-electron chi connectivity index (χ2n) is 5.03. The summed E-state index contributed by atoms with van der Waals surface area (Å²) < 4.78 is 10.8. The standard InChI is InChI=1S/C14H19NO2/c1-2-14(6-3-7-15-14)9-11-4-5-12-13(8-11)17-10-16-12/h4-5,8,15H,2-3,6-7,9-10H2,1H3. The van der Waals surface area contributed by atoms with Gasteiger partial charge in [0.2, 0.25) is 6.79 Å². The molecular weight excluding hydrogens is 214 g/mol. The summed E-state index contributed by atoms with van der Waals surface area (Å²) in [6, 6.07) is 6.31. The van der Waals surface area contributed by atoms with Crippen molar-refractivity contribution in [1.29, 1.82) is 0 Å². The molecule has 0 saturated carbocycles. The van der Waals surface area contributed by atoms with Gasteiger partial charge in [-0.1, -0.05) is 13.0 Å². The summed E-state index contributed by atoms with van der Waals surface area (Å²) in [7, 11) is 0. The quantitative estimate of drug-likeness (QED) is 0.870. The number of fused-ring (bicyclic) bond motifs is 1. The van der Waals surface area contributed by atoms with Gasteiger partial charge in [-0.15, -0.1) is 0 Å². The van der Waals surface area contributed by atoms with Gasteiger partial charge in [-0.25, -0.2) is 0 Å². The van der Waals surface area contributed by atoms with Gasteiger partial charge in [0.15, 0.2) is 11.5 Å². The van der Waals surface area contributed by atoms with E-state index in [9.17, 15) is 0 Å². The molecule has 0 radical (unpaired) electrons. The molecule has 1 aromatic rings. The molecular formula is C14H19NO2. The lowest BCUT2D eigenvalue weighted by molar-refractivity contribution is 0.174. The van der Waals surface area contributed by atoms with E-state index in [2.05, 4.69) is 24.4 Å². The first-order valence-corrected chi connectivity index (χ1v) is 6.45. The van der Waals surface area contributed by atoms with Crippen molar-refractivity contribution in [3.63, 3.8) is 0 Å². The molecule has 1 saturated heterocycles. The maximum absolute atomic E-state index is 5.43. The number of benzene rings is 1. The van der Waals surface area contributed by atoms with Gasteiger partial charge in [0.05, 0.1) is 0 Å². The predicted octanol–water partition coefficient (Wildman–Crippen LogP) is 2.49. The van der Waals surface area contributed by atoms with Crippen molar-refractivity contribution >= 4 is 0 Å². The van der Waals surface area contributed by atoms with Crippen LogP contribution >= 0.6 is 0 Å². The van der Waals surface area contributed by atoms with Gasteiger partial charge >= 0.3 is 0 Å². The van der Waals surface area contributed by atoms with Gasteiger partial charge in [0.25, 0.3) is 0 Å². The summed E-state index contributed by atoms with van der Waals surface area (Å²) >= 11 is 0. The second kappa shape index (κ2) is 4.22. The van der Waals surface area contributed by atoms with Gasteiger partial charge in [0, 0.05) is 5.54 Å². The molecule has 0 amide bonds. The van der Waals surface area contributed by atoms with E-state index in [1.54, 1.807) is 0 Å². The zero-order valence-electron chi connectivity index (χ0n) is 10.3. The lowest BCUT2D eigenvalue weighted by Gasteiger charge is -2.28. The van der Waals surface area contributed by atoms with Crippen LogP contribution in [0.4, 0.5) is 0 Å². The molecule has 1 N–H and O–H groups in total. The first-order valence-electron chi connectivity index (χ1n) is 6.45. The van der Waals surface area contributed by atoms with Crippen LogP contribution in [0.1, 0.15) is 31.7 Å². The van der Waals surface area contributed by atoms with E-state index in [0.29, 0.717) is 12.3 Å². The van der Waals surface area contributed by atoms with Crippen LogP contribution in [-0.2, 0) is 6.42 Å². The summed E-state index contributed by atoms with van der Waals surface area (Å²) in [5, 5.41) is 3.66. The van der Waals surface area contributed by atoms with E-state index in [4.69, 9.17) is 9.47 Å². The summed E-state index contributed by atoms with van der Waals surface area (Å²) in [4.78, 5) is 0. The Morgan fingerprint density at radius 3 is 2.94 bits per heavy atom. The van der Waals surface area contributed by atoms with Gasteiger partial charge in [-0.05, 0) is 49.9 Å². The Labute approximate surface area is 102 Å². The Morgan fingerprint density at radius 2 is 2.18 bits per heavy atom. The fraction of sp³-hybridized carbons (Fsp3) is 0.571. The molecule has 2 aliphatic heterocycles. The van der Waals surface area contributed by atoms with Crippen LogP contribution in [-0.4, -0.2) is 18.9 Å². The third-order valence-electron chi connectivity index (χ3n) is 3.99. The molecule has 1 fully saturated rings. The lowest BCUT2D eigenvalue weighted by Crippen LogP contribution is -2.41. The number of hydrogen-bond donors (Lipinski definition) is 1. The molecule has 0 bridgehead atoms. The normalized spacial score (nSPS) is 26.4. The molecule has 0 aliphatic carbocycles. The molecule has 0 aromatic heterocycles. The molecule has 1 atom stereocenters. The van der Waals surface area contributed by atoms with Crippen LogP contribution in [0.5, 0.6) is 11.5 Å². The predicted molar refractivity (Wildman–Crippen MR) is 66.5 cm³/mol. The average Bonchev–Trinajstić information content (AvgIpc) is 2.97. The maximum atomic E-state index is 5.43. The van der Waals surface area contributed by atoms with Crippen LogP contribution in [0.15, 0.2) is 18.2 Å². The minimum atomic E-state index is 0.299. The fourth-order valence-corrected chi connectivity index (χ4v) is 2.89. The highest BCUT2D eigenvalue weighted by Crippen LogP contribution is 2.35. The first-order chi connectivity index (χ1) is 8.31. The summed E-state index contributed by atoms with van der Waals surface area (Å²) in [5.41, 5.74) is 1.64. The van der Waals surface area contributed by atoms with Crippen molar-refractivity contribution in [2.45, 2.75) is 38.1 Å². The van der Waals surface area contributed by atoms with Crippen molar-refractivity contribution in [1.82, 2.24) is 5.32 Å². The minimum absolute atomic E-state index is 0.299. The highest BCUT2D eigenvalue weighted by molar-refractivity contribution is 5.44. The Kier molecular flexibility index (Phi) is 2.71. The summed E-state index contributed by atoms with van der Waals surface area (Å²) in [6.45, 7) is 3.78. The van der Waals surface area contributed by atoms with Crippen molar-refractivity contribution in [2.24, 2.45) is 0 Å². The third-order valence-corrected chi connectivity index (χ3v) is 3.99. The monoisotopic (exact) mass is 233 g/mol. The smallest absolute Gasteiger partial charge is 0.231 e. The topological polar surface area (TPSA) is 30.5 Å². The van der Waals surface area contributed by atoms with Crippen LogP contribution in [0, 0.1) is 0 Å². The highest BCUT2D eigenvalue weighted by Gasteiger charge is 2.31. The molecule has 92 valence electrons. The fourth-order valence-electron chi connectivity index (χ4n) is 2.89. The van der Waals surface area contributed by atoms with Crippen LogP contribution in [0.2, 0.25) is 0 Å². The van der Waals surface area contributed by atoms with E-state index in [0.717, 1.165) is 24.5 Å². The summed E-state index contributed by atoms with van der Waals surface area (Å²) in [6.07, 6.45) is 4.83. The Balaban J connectivity index is 1.80. The molecule has 3 heteroatoms. The lowest BCUT2D eigenvalue weighted by atomic mass is 9.87. The molecule has 2 heterocycles. The van der Waals surface area contributed by atoms with Crippen molar-refractivity contribution in [2.75, 3.05) is 13.3 Å². The zero-order chi connectivity index (χ0) is 11.7. The van der Waals surface area contributed by atoms with E-state index in [1.807, 2.05) is 6.07 Å². The molecule has 1 aromatic carbocycles. The minimum Gasteiger partial charge on any atom is -0.454 e. The number of nitrogens with one attached hydrogen (secondary N) is 1. The molecule has 2 aliphatic rings. The van der Waals surface area contributed by atoms with Crippen LogP contribution < -0.4 is 14.8 Å². The zero-order valence-corrected chi connectivity index (χ0v) is 10.3. The Morgan fingerprint density at radius 1 is 1.29 bits per heavy atom. The molecule has 17 heavy (non-hydrogen) atoms. The first kappa shape index (κ1) is 10.9. The van der Waals surface area contributed by atoms with E-state index >= 15 is 0 Å². The number of rotatable bonds is 3. The Hall–Kier alpha value is -1.22. The third kappa shape index (κ3) is 2.00. The van der Waals surface area contributed by atoms with Gasteiger partial charge < -0.3 is 14.8 Å². The van der Waals surface area contributed by atoms with E-state index < -0.39 is 0 Å². The van der Waals surface area contributed by atoms with E-state index in [1.165, 1.54) is 24.8 Å². The number of ether oxygens (including phenoxy) is 2. The highest BCUT2D eigenvalue weighted by atomic mass is 16.7. The van der Waals surface area contributed by atoms with Crippen molar-refractivity contribution in [3.05, 3.63) is 23.8 Å². The SMILES string of the molecule is CCC1(Cc2ccc3c(c2)OCO3)CCCN1. The van der Waals surface area contributed by atoms with Crippen molar-refractivity contribution < 1.29 is 9.47 Å². The second-order valence-corrected chi connectivity index (χ2v) is 5.03. The van der Waals surface area contributed by atoms with E-state index in [-0.39, 0.29) is 0 Å². The van der Waals surface area contributed by atoms with Crippen molar-refractivity contribution in [3.8, 4) is 11.5 Å². The maximum Gasteiger partial charge on any atom is 0.231 e. The van der Waals surface area contributed by atoms with Gasteiger partial charge in [0.1, 0.15) is 0 Å².